The van der Waals surface area contributed by atoms with Crippen LogP contribution in [0.1, 0.15) is 5.76 Å². The lowest BCUT2D eigenvalue weighted by Gasteiger charge is -2.05. The Kier molecular flexibility index (Phi) is 2.64. The van der Waals surface area contributed by atoms with E-state index >= 15 is 0 Å². The average Bonchev–Trinajstić information content (AvgIpc) is 2.65. The van der Waals surface area contributed by atoms with Crippen LogP contribution in [0.3, 0.4) is 0 Å². The molecule has 3 nitrogen and oxygen atoms in total. The topological polar surface area (TPSA) is 35.3 Å². The van der Waals surface area contributed by atoms with E-state index in [9.17, 15) is 0 Å². The molecule has 0 saturated heterocycles. The first-order chi connectivity index (χ1) is 7.22. The van der Waals surface area contributed by atoms with Crippen LogP contribution >= 0.6 is 11.6 Å². The summed E-state index contributed by atoms with van der Waals surface area (Å²) in [4.78, 5) is 4.12. The third-order valence-corrected chi connectivity index (χ3v) is 2.42. The summed E-state index contributed by atoms with van der Waals surface area (Å²) >= 11 is 6.13. The fraction of sp³-hybridized carbons (Fsp3) is 0.182. The predicted molar refractivity (Wildman–Crippen MR) is 58.2 cm³/mol. The summed E-state index contributed by atoms with van der Waals surface area (Å²) in [5, 5.41) is 0.516. The third kappa shape index (κ3) is 1.83. The van der Waals surface area contributed by atoms with Gasteiger partial charge in [0.25, 0.3) is 0 Å². The summed E-state index contributed by atoms with van der Waals surface area (Å²) in [5.74, 6) is 1.88. The van der Waals surface area contributed by atoms with Crippen LogP contribution in [0.25, 0.3) is 11.5 Å². The quantitative estimate of drug-likeness (QED) is 0.784. The zero-order valence-electron chi connectivity index (χ0n) is 8.45. The van der Waals surface area contributed by atoms with Crippen LogP contribution < -0.4 is 4.74 Å². The van der Waals surface area contributed by atoms with Crippen LogP contribution in [-0.4, -0.2) is 12.1 Å². The fourth-order valence-electron chi connectivity index (χ4n) is 1.31. The maximum Gasteiger partial charge on any atom is 0.227 e. The van der Waals surface area contributed by atoms with Gasteiger partial charge in [0.15, 0.2) is 0 Å². The lowest BCUT2D eigenvalue weighted by molar-refractivity contribution is 0.415. The Morgan fingerprint density at radius 2 is 2.20 bits per heavy atom. The first-order valence-corrected chi connectivity index (χ1v) is 4.85. The van der Waals surface area contributed by atoms with Crippen molar-refractivity contribution in [2.24, 2.45) is 0 Å². The van der Waals surface area contributed by atoms with E-state index in [1.54, 1.807) is 19.4 Å². The summed E-state index contributed by atoms with van der Waals surface area (Å²) in [5.41, 5.74) is 0.740. The first kappa shape index (κ1) is 10.1. The third-order valence-electron chi connectivity index (χ3n) is 2.03. The molecule has 0 bridgehead atoms. The van der Waals surface area contributed by atoms with E-state index in [-0.39, 0.29) is 0 Å². The van der Waals surface area contributed by atoms with Gasteiger partial charge in [0.2, 0.25) is 5.89 Å². The summed E-state index contributed by atoms with van der Waals surface area (Å²) in [6.45, 7) is 1.84. The SMILES string of the molecule is COc1cccc(-c2ncc(C)o2)c1Cl. The Morgan fingerprint density at radius 1 is 1.40 bits per heavy atom. The van der Waals surface area contributed by atoms with E-state index < -0.39 is 0 Å². The highest BCUT2D eigenvalue weighted by atomic mass is 35.5. The standard InChI is InChI=1S/C11H10ClNO2/c1-7-6-13-11(15-7)8-4-3-5-9(14-2)10(8)12/h3-6H,1-2H3. The molecule has 4 heteroatoms. The van der Waals surface area contributed by atoms with Gasteiger partial charge in [-0.05, 0) is 19.1 Å². The Balaban J connectivity index is 2.53. The maximum atomic E-state index is 6.13. The normalized spacial score (nSPS) is 10.3. The molecule has 0 N–H and O–H groups in total. The van der Waals surface area contributed by atoms with Crippen molar-refractivity contribution in [2.45, 2.75) is 6.92 Å². The molecular formula is C11H10ClNO2. The van der Waals surface area contributed by atoms with Crippen molar-refractivity contribution >= 4 is 11.6 Å². The van der Waals surface area contributed by atoms with Crippen LogP contribution in [0.2, 0.25) is 5.02 Å². The fourth-order valence-corrected chi connectivity index (χ4v) is 1.60. The second kappa shape index (κ2) is 3.95. The van der Waals surface area contributed by atoms with Gasteiger partial charge in [0.1, 0.15) is 11.5 Å². The van der Waals surface area contributed by atoms with Crippen molar-refractivity contribution in [1.82, 2.24) is 4.98 Å². The molecule has 0 atom stereocenters. The van der Waals surface area contributed by atoms with Gasteiger partial charge in [-0.1, -0.05) is 17.7 Å². The molecule has 0 saturated carbocycles. The number of aryl methyl sites for hydroxylation is 1. The predicted octanol–water partition coefficient (Wildman–Crippen LogP) is 3.31. The number of hydrogen-bond donors (Lipinski definition) is 0. The molecule has 0 unspecified atom stereocenters. The van der Waals surface area contributed by atoms with Crippen LogP contribution in [0.5, 0.6) is 5.75 Å². The minimum absolute atomic E-state index is 0.511. The van der Waals surface area contributed by atoms with Gasteiger partial charge in [-0.3, -0.25) is 0 Å². The van der Waals surface area contributed by atoms with Crippen molar-refractivity contribution in [3.63, 3.8) is 0 Å². The Hall–Kier alpha value is -1.48. The van der Waals surface area contributed by atoms with Crippen LogP contribution in [0.4, 0.5) is 0 Å². The van der Waals surface area contributed by atoms with Crippen molar-refractivity contribution in [3.05, 3.63) is 35.2 Å². The number of ether oxygens (including phenoxy) is 1. The number of halogens is 1. The Bertz CT molecular complexity index is 479. The number of nitrogens with zero attached hydrogens (tertiary/aromatic N) is 1. The molecule has 0 aliphatic heterocycles. The van der Waals surface area contributed by atoms with Crippen LogP contribution in [0, 0.1) is 6.92 Å². The molecule has 1 aromatic carbocycles. The average molecular weight is 224 g/mol. The zero-order chi connectivity index (χ0) is 10.8. The highest BCUT2D eigenvalue weighted by Crippen LogP contribution is 2.34. The minimum atomic E-state index is 0.511. The van der Waals surface area contributed by atoms with E-state index in [4.69, 9.17) is 20.8 Å². The molecule has 2 rings (SSSR count). The van der Waals surface area contributed by atoms with Crippen LogP contribution in [0.15, 0.2) is 28.8 Å². The summed E-state index contributed by atoms with van der Waals surface area (Å²) in [6.07, 6.45) is 1.66. The monoisotopic (exact) mass is 223 g/mol. The molecular weight excluding hydrogens is 214 g/mol. The Labute approximate surface area is 92.6 Å². The summed E-state index contributed by atoms with van der Waals surface area (Å²) < 4.78 is 10.5. The largest absolute Gasteiger partial charge is 0.495 e. The number of methoxy groups -OCH3 is 1. The highest BCUT2D eigenvalue weighted by Gasteiger charge is 2.12. The smallest absolute Gasteiger partial charge is 0.227 e. The van der Waals surface area contributed by atoms with Gasteiger partial charge in [-0.2, -0.15) is 0 Å². The minimum Gasteiger partial charge on any atom is -0.495 e. The van der Waals surface area contributed by atoms with Crippen LogP contribution in [-0.2, 0) is 0 Å². The number of rotatable bonds is 2. The Morgan fingerprint density at radius 3 is 2.80 bits per heavy atom. The number of benzene rings is 1. The maximum absolute atomic E-state index is 6.13. The van der Waals surface area contributed by atoms with E-state index in [2.05, 4.69) is 4.98 Å². The second-order valence-corrected chi connectivity index (χ2v) is 3.48. The van der Waals surface area contributed by atoms with Crippen molar-refractivity contribution < 1.29 is 9.15 Å². The van der Waals surface area contributed by atoms with E-state index in [0.29, 0.717) is 16.7 Å². The van der Waals surface area contributed by atoms with Crippen molar-refractivity contribution in [1.29, 1.82) is 0 Å². The van der Waals surface area contributed by atoms with Gasteiger partial charge in [0.05, 0.1) is 23.9 Å². The summed E-state index contributed by atoms with van der Waals surface area (Å²) in [6, 6.07) is 5.48. The van der Waals surface area contributed by atoms with E-state index in [1.807, 2.05) is 19.1 Å². The lowest BCUT2D eigenvalue weighted by atomic mass is 10.2. The molecule has 78 valence electrons. The molecule has 0 radical (unpaired) electrons. The molecule has 0 spiro atoms. The van der Waals surface area contributed by atoms with E-state index in [0.717, 1.165) is 11.3 Å². The van der Waals surface area contributed by atoms with Gasteiger partial charge in [0, 0.05) is 0 Å². The molecule has 1 aromatic heterocycles. The number of oxazole rings is 1. The highest BCUT2D eigenvalue weighted by molar-refractivity contribution is 6.34. The lowest BCUT2D eigenvalue weighted by Crippen LogP contribution is -1.86. The molecule has 1 heterocycles. The van der Waals surface area contributed by atoms with Gasteiger partial charge in [-0.15, -0.1) is 0 Å². The molecule has 0 aliphatic rings. The van der Waals surface area contributed by atoms with Gasteiger partial charge >= 0.3 is 0 Å². The number of hydrogen-bond acceptors (Lipinski definition) is 3. The molecule has 0 fully saturated rings. The molecule has 0 amide bonds. The van der Waals surface area contributed by atoms with Gasteiger partial charge in [-0.25, -0.2) is 4.98 Å². The molecule has 0 aliphatic carbocycles. The number of aromatic nitrogens is 1. The van der Waals surface area contributed by atoms with Crippen molar-refractivity contribution in [2.75, 3.05) is 7.11 Å². The van der Waals surface area contributed by atoms with E-state index in [1.165, 1.54) is 0 Å². The molecule has 15 heavy (non-hydrogen) atoms. The zero-order valence-corrected chi connectivity index (χ0v) is 9.21. The van der Waals surface area contributed by atoms with Gasteiger partial charge < -0.3 is 9.15 Å². The molecule has 2 aromatic rings. The first-order valence-electron chi connectivity index (χ1n) is 4.47. The summed E-state index contributed by atoms with van der Waals surface area (Å²) in [7, 11) is 1.58. The van der Waals surface area contributed by atoms with Crippen molar-refractivity contribution in [3.8, 4) is 17.2 Å². The second-order valence-electron chi connectivity index (χ2n) is 3.10.